The lowest BCUT2D eigenvalue weighted by molar-refractivity contribution is -0.384. The van der Waals surface area contributed by atoms with E-state index in [2.05, 4.69) is 10.6 Å². The van der Waals surface area contributed by atoms with Crippen LogP contribution < -0.4 is 15.4 Å². The Balaban J connectivity index is 2.89. The van der Waals surface area contributed by atoms with Gasteiger partial charge in [0.25, 0.3) is 5.69 Å². The van der Waals surface area contributed by atoms with Gasteiger partial charge in [0.2, 0.25) is 5.91 Å². The van der Waals surface area contributed by atoms with E-state index in [0.717, 1.165) is 6.07 Å². The number of carboxylic acid groups (broad SMARTS) is 1. The monoisotopic (exact) mass is 325 g/mol. The number of nitro benzene ring substituents is 1. The Bertz CT molecular complexity index is 602. The number of carboxylic acids is 1. The fourth-order valence-electron chi connectivity index (χ4n) is 1.91. The van der Waals surface area contributed by atoms with Crippen LogP contribution in [0.4, 0.5) is 11.4 Å². The molecule has 0 bridgehead atoms. The van der Waals surface area contributed by atoms with Gasteiger partial charge in [-0.2, -0.15) is 0 Å². The Labute approximate surface area is 132 Å². The van der Waals surface area contributed by atoms with Crippen LogP contribution in [-0.4, -0.2) is 41.1 Å². The smallest absolute Gasteiger partial charge is 0.321 e. The van der Waals surface area contributed by atoms with Crippen molar-refractivity contribution in [3.8, 4) is 5.75 Å². The number of methoxy groups -OCH3 is 1. The minimum atomic E-state index is -1.15. The molecule has 1 aromatic rings. The molecule has 0 aliphatic carbocycles. The predicted molar refractivity (Wildman–Crippen MR) is 82.6 cm³/mol. The van der Waals surface area contributed by atoms with Gasteiger partial charge in [0.1, 0.15) is 11.8 Å². The van der Waals surface area contributed by atoms with E-state index in [-0.39, 0.29) is 29.6 Å². The third-order valence-electron chi connectivity index (χ3n) is 2.89. The van der Waals surface area contributed by atoms with E-state index in [0.29, 0.717) is 0 Å². The molecule has 1 rings (SSSR count). The number of anilines is 1. The normalized spacial score (nSPS) is 11.8. The van der Waals surface area contributed by atoms with Gasteiger partial charge in [0, 0.05) is 18.2 Å². The second kappa shape index (κ2) is 8.08. The number of rotatable bonds is 8. The van der Waals surface area contributed by atoms with Crippen LogP contribution in [0, 0.1) is 10.1 Å². The highest BCUT2D eigenvalue weighted by molar-refractivity contribution is 5.95. The minimum Gasteiger partial charge on any atom is -0.495 e. The molecule has 0 aromatic heterocycles. The number of benzene rings is 1. The zero-order valence-corrected chi connectivity index (χ0v) is 13.0. The van der Waals surface area contributed by atoms with Gasteiger partial charge < -0.3 is 20.5 Å². The molecule has 1 aromatic carbocycles. The Morgan fingerprint density at radius 3 is 2.52 bits per heavy atom. The molecule has 0 saturated carbocycles. The van der Waals surface area contributed by atoms with Gasteiger partial charge in [0.15, 0.2) is 0 Å². The van der Waals surface area contributed by atoms with E-state index >= 15 is 0 Å². The first-order valence-electron chi connectivity index (χ1n) is 6.85. The molecule has 0 spiro atoms. The molecule has 3 N–H and O–H groups in total. The summed E-state index contributed by atoms with van der Waals surface area (Å²) in [6.07, 6.45) is -0.320. The molecule has 9 nitrogen and oxygen atoms in total. The van der Waals surface area contributed by atoms with Crippen LogP contribution in [-0.2, 0) is 9.59 Å². The maximum atomic E-state index is 12.0. The number of hydrogen-bond acceptors (Lipinski definition) is 6. The van der Waals surface area contributed by atoms with Crippen LogP contribution in [0.3, 0.4) is 0 Å². The van der Waals surface area contributed by atoms with E-state index in [9.17, 15) is 19.7 Å². The van der Waals surface area contributed by atoms with Crippen LogP contribution in [0.5, 0.6) is 5.75 Å². The van der Waals surface area contributed by atoms with Crippen molar-refractivity contribution in [1.29, 1.82) is 0 Å². The molecular formula is C14H19N3O6. The summed E-state index contributed by atoms with van der Waals surface area (Å²) in [4.78, 5) is 33.3. The summed E-state index contributed by atoms with van der Waals surface area (Å²) in [7, 11) is 1.36. The van der Waals surface area contributed by atoms with Crippen molar-refractivity contribution < 1.29 is 24.4 Å². The first-order chi connectivity index (χ1) is 10.7. The molecular weight excluding hydrogens is 306 g/mol. The molecule has 126 valence electrons. The van der Waals surface area contributed by atoms with Crippen molar-refractivity contribution in [2.45, 2.75) is 32.4 Å². The van der Waals surface area contributed by atoms with Crippen LogP contribution >= 0.6 is 0 Å². The highest BCUT2D eigenvalue weighted by atomic mass is 16.6. The Morgan fingerprint density at radius 1 is 1.39 bits per heavy atom. The molecule has 0 radical (unpaired) electrons. The first kappa shape index (κ1) is 18.4. The van der Waals surface area contributed by atoms with Crippen LogP contribution in [0.1, 0.15) is 20.3 Å². The van der Waals surface area contributed by atoms with Gasteiger partial charge in [-0.3, -0.25) is 19.7 Å². The number of nitrogens with zero attached hydrogens (tertiary/aromatic N) is 1. The number of amides is 1. The summed E-state index contributed by atoms with van der Waals surface area (Å²) in [6.45, 7) is 3.52. The summed E-state index contributed by atoms with van der Waals surface area (Å²) < 4.78 is 5.03. The number of aliphatic carboxylic acids is 1. The highest BCUT2D eigenvalue weighted by Gasteiger charge is 2.23. The van der Waals surface area contributed by atoms with Gasteiger partial charge in [-0.25, -0.2) is 0 Å². The maximum Gasteiger partial charge on any atom is 0.321 e. The third kappa shape index (κ3) is 5.55. The molecule has 0 fully saturated rings. The number of non-ortho nitro benzene ring substituents is 1. The number of nitrogens with one attached hydrogen (secondary N) is 2. The second-order valence-corrected chi connectivity index (χ2v) is 5.11. The summed E-state index contributed by atoms with van der Waals surface area (Å²) >= 11 is 0. The lowest BCUT2D eigenvalue weighted by atomic mass is 10.1. The molecule has 1 atom stereocenters. The SMILES string of the molecule is COc1ccc([N+](=O)[O-])cc1NC(=O)CC(NC(C)C)C(=O)O. The topological polar surface area (TPSA) is 131 Å². The van der Waals surface area contributed by atoms with Crippen LogP contribution in [0.2, 0.25) is 0 Å². The summed E-state index contributed by atoms with van der Waals surface area (Å²) in [5.74, 6) is -1.50. The highest BCUT2D eigenvalue weighted by Crippen LogP contribution is 2.29. The maximum absolute atomic E-state index is 12.0. The minimum absolute atomic E-state index is 0.111. The Hall–Kier alpha value is -2.68. The Kier molecular flexibility index (Phi) is 6.46. The summed E-state index contributed by atoms with van der Waals surface area (Å²) in [6, 6.07) is 2.59. The largest absolute Gasteiger partial charge is 0.495 e. The average molecular weight is 325 g/mol. The van der Waals surface area contributed by atoms with Crippen molar-refractivity contribution in [2.24, 2.45) is 0 Å². The molecule has 0 saturated heterocycles. The number of ether oxygens (including phenoxy) is 1. The molecule has 23 heavy (non-hydrogen) atoms. The number of hydrogen-bond donors (Lipinski definition) is 3. The molecule has 1 unspecified atom stereocenters. The van der Waals surface area contributed by atoms with E-state index in [1.54, 1.807) is 13.8 Å². The van der Waals surface area contributed by atoms with Crippen molar-refractivity contribution in [3.63, 3.8) is 0 Å². The zero-order valence-electron chi connectivity index (χ0n) is 13.0. The van der Waals surface area contributed by atoms with E-state index < -0.39 is 22.8 Å². The van der Waals surface area contributed by atoms with Crippen LogP contribution in [0.15, 0.2) is 18.2 Å². The lowest BCUT2D eigenvalue weighted by Crippen LogP contribution is -2.43. The van der Waals surface area contributed by atoms with Gasteiger partial charge in [0.05, 0.1) is 24.1 Å². The summed E-state index contributed by atoms with van der Waals surface area (Å²) in [5.41, 5.74) is -0.100. The van der Waals surface area contributed by atoms with Crippen molar-refractivity contribution in [3.05, 3.63) is 28.3 Å². The molecule has 0 aliphatic heterocycles. The first-order valence-corrected chi connectivity index (χ1v) is 6.85. The average Bonchev–Trinajstić information content (AvgIpc) is 2.45. The second-order valence-electron chi connectivity index (χ2n) is 5.11. The van der Waals surface area contributed by atoms with Gasteiger partial charge in [-0.15, -0.1) is 0 Å². The predicted octanol–water partition coefficient (Wildman–Crippen LogP) is 1.38. The van der Waals surface area contributed by atoms with Crippen LogP contribution in [0.25, 0.3) is 0 Å². The quantitative estimate of drug-likeness (QED) is 0.486. The fraction of sp³-hybridized carbons (Fsp3) is 0.429. The van der Waals surface area contributed by atoms with Crippen molar-refractivity contribution in [2.75, 3.05) is 12.4 Å². The summed E-state index contributed by atoms with van der Waals surface area (Å²) in [5, 5.41) is 25.1. The van der Waals surface area contributed by atoms with E-state index in [4.69, 9.17) is 9.84 Å². The molecule has 0 aliphatic rings. The van der Waals surface area contributed by atoms with Gasteiger partial charge >= 0.3 is 5.97 Å². The molecule has 0 heterocycles. The van der Waals surface area contributed by atoms with E-state index in [1.807, 2.05) is 0 Å². The lowest BCUT2D eigenvalue weighted by Gasteiger charge is -2.17. The number of carbonyl (C=O) groups is 2. The fourth-order valence-corrected chi connectivity index (χ4v) is 1.91. The third-order valence-corrected chi connectivity index (χ3v) is 2.89. The number of carbonyl (C=O) groups excluding carboxylic acids is 1. The molecule has 9 heteroatoms. The zero-order chi connectivity index (χ0) is 17.6. The van der Waals surface area contributed by atoms with Crippen molar-refractivity contribution >= 4 is 23.3 Å². The molecule has 1 amide bonds. The standard InChI is InChI=1S/C14H19N3O6/c1-8(2)15-11(14(19)20)7-13(18)16-10-6-9(17(21)22)4-5-12(10)23-3/h4-6,8,11,15H,7H2,1-3H3,(H,16,18)(H,19,20). The van der Waals surface area contributed by atoms with E-state index in [1.165, 1.54) is 19.2 Å². The Morgan fingerprint density at radius 2 is 2.04 bits per heavy atom. The van der Waals surface area contributed by atoms with Gasteiger partial charge in [-0.05, 0) is 6.07 Å². The number of nitro groups is 1. The van der Waals surface area contributed by atoms with Gasteiger partial charge in [-0.1, -0.05) is 13.8 Å². The van der Waals surface area contributed by atoms with Crippen molar-refractivity contribution in [1.82, 2.24) is 5.32 Å².